The zero-order valence-electron chi connectivity index (χ0n) is 17.6. The van der Waals surface area contributed by atoms with E-state index in [0.29, 0.717) is 17.8 Å². The van der Waals surface area contributed by atoms with Crippen molar-refractivity contribution in [3.8, 4) is 5.69 Å². The van der Waals surface area contributed by atoms with E-state index in [9.17, 15) is 29.0 Å². The molecule has 0 bridgehead atoms. The Labute approximate surface area is 189 Å². The van der Waals surface area contributed by atoms with Crippen LogP contribution >= 0.6 is 10.2 Å². The van der Waals surface area contributed by atoms with Crippen molar-refractivity contribution in [1.82, 2.24) is 24.0 Å². The molecule has 34 heavy (non-hydrogen) atoms. The molecule has 4 heterocycles. The molecule has 0 saturated heterocycles. The van der Waals surface area contributed by atoms with Gasteiger partial charge in [-0.15, -0.1) is 0 Å². The smallest absolute Gasteiger partial charge is 0.310 e. The fraction of sp³-hybridized carbons (Fsp3) is 0.190. The van der Waals surface area contributed by atoms with E-state index in [4.69, 9.17) is 0 Å². The van der Waals surface area contributed by atoms with Gasteiger partial charge in [-0.1, -0.05) is 19.4 Å². The fourth-order valence-corrected chi connectivity index (χ4v) is 4.76. The lowest BCUT2D eigenvalue weighted by Crippen LogP contribution is -2.44. The van der Waals surface area contributed by atoms with E-state index < -0.39 is 21.0 Å². The van der Waals surface area contributed by atoms with Crippen LogP contribution in [0.5, 0.6) is 0 Å². The van der Waals surface area contributed by atoms with Crippen LogP contribution in [0.3, 0.4) is 0 Å². The molecule has 0 atom stereocenters. The number of pyridine rings is 1. The number of rotatable bonds is 4. The molecular weight excluding hydrogens is 481 g/mol. The number of fused-ring (bicyclic) bond motifs is 2. The number of H-pyrrole nitrogens is 1. The minimum absolute atomic E-state index is 0.0488. The molecule has 0 saturated carbocycles. The standard InChI is InChI=1S/C21H18F5N5O2S/c1-13-10-30(12-28-13)18-4-5-19-20(32)29(6-7-31(19)21(18)33)11-14-9-27-17-3-2-15(8-16(14)17)34(22,23,24,25)26/h2-5,8-10,12,27H,6-7,11H2,1H3. The summed E-state index contributed by atoms with van der Waals surface area (Å²) in [5.41, 5.74) is 1.29. The number of imidazole rings is 1. The molecule has 7 nitrogen and oxygen atoms in total. The van der Waals surface area contributed by atoms with Gasteiger partial charge < -0.3 is 19.0 Å². The number of benzene rings is 1. The number of carbonyl (C=O) groups is 1. The van der Waals surface area contributed by atoms with Gasteiger partial charge in [-0.3, -0.25) is 9.59 Å². The van der Waals surface area contributed by atoms with E-state index in [1.54, 1.807) is 17.7 Å². The molecule has 0 aliphatic carbocycles. The zero-order valence-corrected chi connectivity index (χ0v) is 18.5. The van der Waals surface area contributed by atoms with Crippen LogP contribution in [-0.4, -0.2) is 36.5 Å². The topological polar surface area (TPSA) is 75.9 Å². The first-order valence-corrected chi connectivity index (χ1v) is 12.0. The van der Waals surface area contributed by atoms with Crippen molar-refractivity contribution in [2.75, 3.05) is 6.54 Å². The van der Waals surface area contributed by atoms with Gasteiger partial charge in [-0.05, 0) is 42.8 Å². The average Bonchev–Trinajstić information content (AvgIpc) is 3.35. The summed E-state index contributed by atoms with van der Waals surface area (Å²) >= 11 is 0. The molecule has 1 amide bonds. The van der Waals surface area contributed by atoms with E-state index in [2.05, 4.69) is 9.97 Å². The zero-order chi connectivity index (χ0) is 24.5. The van der Waals surface area contributed by atoms with Crippen molar-refractivity contribution in [3.05, 3.63) is 76.4 Å². The van der Waals surface area contributed by atoms with Crippen molar-refractivity contribution >= 4 is 27.0 Å². The maximum Gasteiger partial charge on any atom is 0.310 e. The quantitative estimate of drug-likeness (QED) is 0.395. The summed E-state index contributed by atoms with van der Waals surface area (Å²) in [7, 11) is -9.85. The number of hydrogen-bond acceptors (Lipinski definition) is 3. The predicted molar refractivity (Wildman–Crippen MR) is 117 cm³/mol. The molecule has 1 aliphatic rings. The van der Waals surface area contributed by atoms with Crippen molar-refractivity contribution in [2.24, 2.45) is 0 Å². The third-order valence-electron chi connectivity index (χ3n) is 5.79. The summed E-state index contributed by atoms with van der Waals surface area (Å²) in [4.78, 5) is 32.2. The van der Waals surface area contributed by atoms with Gasteiger partial charge in [0.15, 0.2) is 0 Å². The number of nitrogens with zero attached hydrogens (tertiary/aromatic N) is 4. The Morgan fingerprint density at radius 1 is 1.06 bits per heavy atom. The Bertz CT molecular complexity index is 1540. The number of aromatic amines is 1. The fourth-order valence-electron chi connectivity index (χ4n) is 4.09. The largest absolute Gasteiger partial charge is 0.361 e. The number of aromatic nitrogens is 4. The molecular formula is C21H18F5N5O2S. The van der Waals surface area contributed by atoms with Crippen molar-refractivity contribution in [3.63, 3.8) is 0 Å². The van der Waals surface area contributed by atoms with E-state index in [1.165, 1.54) is 34.1 Å². The minimum Gasteiger partial charge on any atom is -0.361 e. The molecule has 180 valence electrons. The summed E-state index contributed by atoms with van der Waals surface area (Å²) in [6.07, 6.45) is 4.56. The lowest BCUT2D eigenvalue weighted by molar-refractivity contribution is 0.0687. The summed E-state index contributed by atoms with van der Waals surface area (Å²) in [6.45, 7) is 1.95. The molecule has 1 aromatic carbocycles. The van der Waals surface area contributed by atoms with Gasteiger partial charge in [-0.2, -0.15) is 0 Å². The van der Waals surface area contributed by atoms with E-state index in [1.807, 2.05) is 0 Å². The van der Waals surface area contributed by atoms with Crippen LogP contribution in [0.4, 0.5) is 19.4 Å². The monoisotopic (exact) mass is 499 g/mol. The van der Waals surface area contributed by atoms with Crippen LogP contribution in [0, 0.1) is 6.92 Å². The van der Waals surface area contributed by atoms with Gasteiger partial charge in [0.2, 0.25) is 0 Å². The number of nitrogens with one attached hydrogen (secondary N) is 1. The number of halogens is 5. The molecule has 0 fully saturated rings. The molecule has 13 heteroatoms. The third-order valence-corrected chi connectivity index (χ3v) is 6.93. The molecule has 0 spiro atoms. The minimum atomic E-state index is -9.85. The van der Waals surface area contributed by atoms with Crippen molar-refractivity contribution in [1.29, 1.82) is 0 Å². The van der Waals surface area contributed by atoms with Crippen LogP contribution in [-0.2, 0) is 13.1 Å². The second kappa shape index (κ2) is 6.50. The maximum atomic E-state index is 13.3. The molecule has 3 aromatic heterocycles. The third kappa shape index (κ3) is 3.75. The Balaban J connectivity index is 1.47. The van der Waals surface area contributed by atoms with Gasteiger partial charge >= 0.3 is 10.2 Å². The maximum absolute atomic E-state index is 13.3. The summed E-state index contributed by atoms with van der Waals surface area (Å²) in [5, 5.41) is -0.0488. The van der Waals surface area contributed by atoms with Gasteiger partial charge in [0.25, 0.3) is 11.5 Å². The molecule has 0 radical (unpaired) electrons. The van der Waals surface area contributed by atoms with Crippen molar-refractivity contribution < 1.29 is 24.2 Å². The first kappa shape index (κ1) is 22.2. The Morgan fingerprint density at radius 3 is 2.50 bits per heavy atom. The number of aryl methyl sites for hydroxylation is 1. The van der Waals surface area contributed by atoms with Gasteiger partial charge in [-0.25, -0.2) is 4.98 Å². The Kier molecular flexibility index (Phi) is 4.24. The van der Waals surface area contributed by atoms with Gasteiger partial charge in [0, 0.05) is 42.9 Å². The van der Waals surface area contributed by atoms with E-state index in [-0.39, 0.29) is 47.4 Å². The summed E-state index contributed by atoms with van der Waals surface area (Å²) in [5.74, 6) is -0.491. The first-order valence-electron chi connectivity index (χ1n) is 10.1. The molecule has 4 aromatic rings. The lowest BCUT2D eigenvalue weighted by atomic mass is 10.1. The molecule has 0 unspecified atom stereocenters. The molecule has 1 N–H and O–H groups in total. The first-order chi connectivity index (χ1) is 15.7. The van der Waals surface area contributed by atoms with Crippen LogP contribution < -0.4 is 5.56 Å². The average molecular weight is 499 g/mol. The highest BCUT2D eigenvalue weighted by molar-refractivity contribution is 8.45. The normalized spacial score (nSPS) is 16.4. The highest BCUT2D eigenvalue weighted by atomic mass is 32.5. The molecule has 5 rings (SSSR count). The second-order valence-corrected chi connectivity index (χ2v) is 10.6. The highest BCUT2D eigenvalue weighted by Gasteiger charge is 2.65. The Morgan fingerprint density at radius 2 is 1.82 bits per heavy atom. The summed E-state index contributed by atoms with van der Waals surface area (Å²) < 4.78 is 69.3. The highest BCUT2D eigenvalue weighted by Crippen LogP contribution is 3.02. The molecule has 1 aliphatic heterocycles. The van der Waals surface area contributed by atoms with Crippen molar-refractivity contribution in [2.45, 2.75) is 24.9 Å². The van der Waals surface area contributed by atoms with E-state index >= 15 is 0 Å². The second-order valence-electron chi connectivity index (χ2n) is 8.20. The van der Waals surface area contributed by atoms with E-state index in [0.717, 1.165) is 11.8 Å². The lowest BCUT2D eigenvalue weighted by Gasteiger charge is -2.40. The predicted octanol–water partition coefficient (Wildman–Crippen LogP) is 5.14. The number of amides is 1. The van der Waals surface area contributed by atoms with Crippen LogP contribution in [0.15, 0.2) is 58.7 Å². The Hall–Kier alpha value is -3.61. The number of hydrogen-bond donors (Lipinski definition) is 1. The van der Waals surface area contributed by atoms with Gasteiger partial charge in [0.05, 0.1) is 12.0 Å². The number of carbonyl (C=O) groups excluding carboxylic acids is 1. The summed E-state index contributed by atoms with van der Waals surface area (Å²) in [6, 6.07) is 4.71. The van der Waals surface area contributed by atoms with Crippen LogP contribution in [0.1, 0.15) is 21.7 Å². The SMILES string of the molecule is Cc1cn(-c2ccc3n(c2=O)CCN(Cc2c[nH]c4ccc(S(F)(F)(F)(F)F)cc24)C3=O)cn1. The van der Waals surface area contributed by atoms with Crippen LogP contribution in [0.25, 0.3) is 16.6 Å². The van der Waals surface area contributed by atoms with Gasteiger partial charge in [0.1, 0.15) is 16.3 Å². The van der Waals surface area contributed by atoms with Crippen LogP contribution in [0.2, 0.25) is 0 Å².